The van der Waals surface area contributed by atoms with E-state index >= 15 is 0 Å². The van der Waals surface area contributed by atoms with E-state index in [0.717, 1.165) is 0 Å². The van der Waals surface area contributed by atoms with Crippen LogP contribution in [0.4, 0.5) is 0 Å². The fourth-order valence-electron chi connectivity index (χ4n) is 2.20. The molecular formula is C16H20N4O4S. The number of nitrogens with zero attached hydrogens (tertiary/aromatic N) is 1. The lowest BCUT2D eigenvalue weighted by Gasteiger charge is -2.10. The van der Waals surface area contributed by atoms with Crippen LogP contribution in [0.2, 0.25) is 0 Å². The molecule has 1 amide bonds. The van der Waals surface area contributed by atoms with Gasteiger partial charge in [0, 0.05) is 18.8 Å². The maximum atomic E-state index is 12.1. The molecule has 1 heterocycles. The Morgan fingerprint density at radius 3 is 2.32 bits per heavy atom. The predicted molar refractivity (Wildman–Crippen MR) is 93.4 cm³/mol. The number of aromatic amines is 1. The zero-order valence-corrected chi connectivity index (χ0v) is 14.8. The third-order valence-corrected chi connectivity index (χ3v) is 4.34. The summed E-state index contributed by atoms with van der Waals surface area (Å²) in [5.74, 6) is -0.506. The van der Waals surface area contributed by atoms with Gasteiger partial charge >= 0.3 is 0 Å². The highest BCUT2D eigenvalue weighted by Crippen LogP contribution is 2.08. The van der Waals surface area contributed by atoms with Crippen molar-refractivity contribution in [1.82, 2.24) is 15.2 Å². The van der Waals surface area contributed by atoms with Gasteiger partial charge in [-0.25, -0.2) is 13.6 Å². The molecule has 0 unspecified atom stereocenters. The molecule has 9 heteroatoms. The van der Waals surface area contributed by atoms with E-state index < -0.39 is 21.5 Å². The van der Waals surface area contributed by atoms with E-state index in [1.807, 2.05) is 19.0 Å². The number of nitrogens with one attached hydrogen (secondary N) is 2. The van der Waals surface area contributed by atoms with Crippen LogP contribution < -0.4 is 16.0 Å². The molecule has 0 atom stereocenters. The minimum Gasteiger partial charge on any atom is -0.348 e. The Bertz CT molecular complexity index is 918. The highest BCUT2D eigenvalue weighted by atomic mass is 32.2. The molecule has 1 aromatic carbocycles. The number of hydrogen-bond donors (Lipinski definition) is 3. The standard InChI is InChI=1S/C16H20N4O4S/c1-20(2)10-12-5-8-14(16(22)19-12)15(21)18-9-11-3-6-13(7-4-11)25(17,23)24/h3-8H,9-10H2,1-2H3,(H,18,21)(H,19,22)(H2,17,23,24). The summed E-state index contributed by atoms with van der Waals surface area (Å²) < 4.78 is 22.4. The number of H-pyrrole nitrogens is 1. The van der Waals surface area contributed by atoms with Crippen molar-refractivity contribution < 1.29 is 13.2 Å². The lowest BCUT2D eigenvalue weighted by atomic mass is 10.2. The monoisotopic (exact) mass is 364 g/mol. The topological polar surface area (TPSA) is 125 Å². The van der Waals surface area contributed by atoms with Crippen LogP contribution in [0.5, 0.6) is 0 Å². The predicted octanol–water partition coefficient (Wildman–Crippen LogP) is 0.0139. The summed E-state index contributed by atoms with van der Waals surface area (Å²) in [6.07, 6.45) is 0. The van der Waals surface area contributed by atoms with Crippen LogP contribution in [-0.4, -0.2) is 38.3 Å². The van der Waals surface area contributed by atoms with E-state index in [4.69, 9.17) is 5.14 Å². The number of benzene rings is 1. The molecular weight excluding hydrogens is 344 g/mol. The molecule has 0 saturated heterocycles. The number of aromatic nitrogens is 1. The van der Waals surface area contributed by atoms with E-state index in [-0.39, 0.29) is 17.0 Å². The first kappa shape index (κ1) is 18.8. The number of sulfonamides is 1. The van der Waals surface area contributed by atoms with Gasteiger partial charge in [0.1, 0.15) is 5.56 Å². The number of carbonyl (C=O) groups excluding carboxylic acids is 1. The molecule has 4 N–H and O–H groups in total. The molecule has 0 spiro atoms. The highest BCUT2D eigenvalue weighted by molar-refractivity contribution is 7.89. The first-order valence-corrected chi connectivity index (χ1v) is 8.98. The molecule has 0 saturated carbocycles. The van der Waals surface area contributed by atoms with E-state index in [1.165, 1.54) is 18.2 Å². The Kier molecular flexibility index (Phi) is 5.73. The summed E-state index contributed by atoms with van der Waals surface area (Å²) in [5, 5.41) is 7.65. The Morgan fingerprint density at radius 2 is 1.80 bits per heavy atom. The van der Waals surface area contributed by atoms with Gasteiger partial charge in [-0.3, -0.25) is 9.59 Å². The van der Waals surface area contributed by atoms with Crippen molar-refractivity contribution in [3.8, 4) is 0 Å². The summed E-state index contributed by atoms with van der Waals surface area (Å²) in [6, 6.07) is 8.99. The Hall–Kier alpha value is -2.49. The van der Waals surface area contributed by atoms with Gasteiger partial charge in [0.25, 0.3) is 11.5 Å². The van der Waals surface area contributed by atoms with Gasteiger partial charge in [-0.15, -0.1) is 0 Å². The molecule has 0 fully saturated rings. The first-order chi connectivity index (χ1) is 11.7. The fraction of sp³-hybridized carbons (Fsp3) is 0.250. The van der Waals surface area contributed by atoms with Crippen molar-refractivity contribution in [3.63, 3.8) is 0 Å². The summed E-state index contributed by atoms with van der Waals surface area (Å²) in [6.45, 7) is 0.718. The number of primary sulfonamides is 1. The molecule has 0 aliphatic heterocycles. The number of carbonyl (C=O) groups is 1. The zero-order chi connectivity index (χ0) is 18.6. The summed E-state index contributed by atoms with van der Waals surface area (Å²) in [7, 11) is 0.00167. The van der Waals surface area contributed by atoms with Gasteiger partial charge < -0.3 is 15.2 Å². The second-order valence-corrected chi connectivity index (χ2v) is 7.40. The van der Waals surface area contributed by atoms with Crippen LogP contribution in [0.3, 0.4) is 0 Å². The molecule has 134 valence electrons. The third-order valence-electron chi connectivity index (χ3n) is 3.41. The normalized spacial score (nSPS) is 11.5. The quantitative estimate of drug-likeness (QED) is 0.666. The van der Waals surface area contributed by atoms with Gasteiger partial charge in [-0.1, -0.05) is 12.1 Å². The average Bonchev–Trinajstić information content (AvgIpc) is 2.51. The van der Waals surface area contributed by atoms with Crippen LogP contribution in [0.1, 0.15) is 21.6 Å². The van der Waals surface area contributed by atoms with E-state index in [2.05, 4.69) is 10.3 Å². The molecule has 2 rings (SSSR count). The molecule has 2 aromatic rings. The minimum absolute atomic E-state index is 0.00416. The third kappa shape index (κ3) is 5.24. The summed E-state index contributed by atoms with van der Waals surface area (Å²) >= 11 is 0. The minimum atomic E-state index is -3.75. The second-order valence-electron chi connectivity index (χ2n) is 5.84. The van der Waals surface area contributed by atoms with Crippen molar-refractivity contribution in [1.29, 1.82) is 0 Å². The van der Waals surface area contributed by atoms with Gasteiger partial charge in [0.15, 0.2) is 0 Å². The van der Waals surface area contributed by atoms with Crippen LogP contribution >= 0.6 is 0 Å². The van der Waals surface area contributed by atoms with Crippen molar-refractivity contribution in [2.75, 3.05) is 14.1 Å². The molecule has 0 radical (unpaired) electrons. The Labute approximate surface area is 145 Å². The maximum Gasteiger partial charge on any atom is 0.261 e. The number of nitrogens with two attached hydrogens (primary N) is 1. The SMILES string of the molecule is CN(C)Cc1ccc(C(=O)NCc2ccc(S(N)(=O)=O)cc2)c(=O)[nH]1. The van der Waals surface area contributed by atoms with Crippen molar-refractivity contribution in [2.24, 2.45) is 5.14 Å². The van der Waals surface area contributed by atoms with E-state index in [1.54, 1.807) is 18.2 Å². The molecule has 8 nitrogen and oxygen atoms in total. The van der Waals surface area contributed by atoms with Crippen molar-refractivity contribution >= 4 is 15.9 Å². The summed E-state index contributed by atoms with van der Waals surface area (Å²) in [5.41, 5.74) is 0.955. The Balaban J connectivity index is 2.04. The number of amides is 1. The van der Waals surface area contributed by atoms with Crippen LogP contribution in [0, 0.1) is 0 Å². The number of hydrogen-bond acceptors (Lipinski definition) is 5. The molecule has 1 aromatic heterocycles. The molecule has 0 aliphatic carbocycles. The van der Waals surface area contributed by atoms with Crippen LogP contribution in [0.25, 0.3) is 0 Å². The van der Waals surface area contributed by atoms with Crippen LogP contribution in [-0.2, 0) is 23.1 Å². The molecule has 0 bridgehead atoms. The maximum absolute atomic E-state index is 12.1. The van der Waals surface area contributed by atoms with E-state index in [0.29, 0.717) is 17.8 Å². The molecule has 25 heavy (non-hydrogen) atoms. The first-order valence-electron chi connectivity index (χ1n) is 7.43. The largest absolute Gasteiger partial charge is 0.348 e. The van der Waals surface area contributed by atoms with Gasteiger partial charge in [-0.2, -0.15) is 0 Å². The fourth-order valence-corrected chi connectivity index (χ4v) is 2.72. The smallest absolute Gasteiger partial charge is 0.261 e. The molecule has 0 aliphatic rings. The van der Waals surface area contributed by atoms with Gasteiger partial charge in [0.2, 0.25) is 10.0 Å². The van der Waals surface area contributed by atoms with E-state index in [9.17, 15) is 18.0 Å². The summed E-state index contributed by atoms with van der Waals surface area (Å²) in [4.78, 5) is 28.7. The van der Waals surface area contributed by atoms with Crippen molar-refractivity contribution in [2.45, 2.75) is 18.0 Å². The second kappa shape index (κ2) is 7.60. The van der Waals surface area contributed by atoms with Gasteiger partial charge in [-0.05, 0) is 43.9 Å². The Morgan fingerprint density at radius 1 is 1.16 bits per heavy atom. The lowest BCUT2D eigenvalue weighted by Crippen LogP contribution is -2.30. The van der Waals surface area contributed by atoms with Crippen molar-refractivity contribution in [3.05, 3.63) is 63.6 Å². The lowest BCUT2D eigenvalue weighted by molar-refractivity contribution is 0.0949. The zero-order valence-electron chi connectivity index (χ0n) is 13.9. The number of pyridine rings is 1. The van der Waals surface area contributed by atoms with Gasteiger partial charge in [0.05, 0.1) is 4.90 Å². The average molecular weight is 364 g/mol. The number of rotatable bonds is 6. The van der Waals surface area contributed by atoms with Crippen LogP contribution in [0.15, 0.2) is 46.1 Å². The highest BCUT2D eigenvalue weighted by Gasteiger charge is 2.11.